The molecule has 0 bridgehead atoms. The van der Waals surface area contributed by atoms with Gasteiger partial charge >= 0.3 is 25.7 Å². The average Bonchev–Trinajstić information content (AvgIpc) is 3.37. The number of aliphatic hydroxyl groups is 1. The Morgan fingerprint density at radius 2 is 0.736 bits per heavy atom. The molecule has 0 saturated heterocycles. The van der Waals surface area contributed by atoms with E-state index in [0.717, 1.165) is 96.3 Å². The second kappa shape index (κ2) is 54.2. The molecular weight excluding hydrogens is 928 g/mol. The summed E-state index contributed by atoms with van der Waals surface area (Å²) in [6.45, 7) is 4.44. The molecule has 0 aliphatic heterocycles. The molecule has 0 heterocycles. The molecule has 0 saturated carbocycles. The molecule has 0 aromatic heterocycles. The Kier molecular flexibility index (Phi) is 51.9. The molecule has 0 rings (SSSR count). The lowest BCUT2D eigenvalue weighted by atomic mass is 10.1. The molecule has 3 unspecified atom stereocenters. The first kappa shape index (κ1) is 68.9. The van der Waals surface area contributed by atoms with Crippen LogP contribution in [0.1, 0.15) is 252 Å². The maximum atomic E-state index is 12.9. The van der Waals surface area contributed by atoms with E-state index < -0.39 is 57.8 Å². The third-order valence-corrected chi connectivity index (χ3v) is 13.0. The zero-order chi connectivity index (χ0) is 52.7. The number of aliphatic hydroxyl groups excluding tert-OH is 1. The van der Waals surface area contributed by atoms with Crippen LogP contribution in [0.5, 0.6) is 0 Å². The summed E-state index contributed by atoms with van der Waals surface area (Å²) >= 11 is 0. The minimum Gasteiger partial charge on any atom is -0.462 e. The number of carbonyl (C=O) groups excluding carboxylic acids is 3. The fourth-order valence-corrected chi connectivity index (χ4v) is 8.46. The first-order valence-electron chi connectivity index (χ1n) is 28.8. The van der Waals surface area contributed by atoms with Crippen molar-refractivity contribution < 1.29 is 52.2 Å². The average molecular weight is 1030 g/mol. The molecule has 2 N–H and O–H groups in total. The predicted molar refractivity (Wildman–Crippen MR) is 298 cm³/mol. The van der Waals surface area contributed by atoms with E-state index in [2.05, 4.69) is 93.7 Å². The Labute approximate surface area is 439 Å². The van der Waals surface area contributed by atoms with E-state index in [-0.39, 0.29) is 25.9 Å². The minimum absolute atomic E-state index is 0.155. The van der Waals surface area contributed by atoms with Crippen LogP contribution in [-0.2, 0) is 42.2 Å². The van der Waals surface area contributed by atoms with Crippen molar-refractivity contribution in [1.29, 1.82) is 0 Å². The number of unbranched alkanes of at least 4 members (excludes halogenated alkanes) is 24. The van der Waals surface area contributed by atoms with Gasteiger partial charge in [0, 0.05) is 19.3 Å². The smallest absolute Gasteiger partial charge is 0.462 e. The third kappa shape index (κ3) is 51.8. The van der Waals surface area contributed by atoms with E-state index in [4.69, 9.17) is 23.3 Å². The molecule has 0 aromatic carbocycles. The van der Waals surface area contributed by atoms with Crippen LogP contribution in [0.3, 0.4) is 0 Å². The fraction of sp³-hybridized carbons (Fsp3) is 0.750. The molecular formula is C60H105O11P. The number of hydrogen-bond acceptors (Lipinski definition) is 10. The van der Waals surface area contributed by atoms with Crippen molar-refractivity contribution in [3.63, 3.8) is 0 Å². The molecule has 0 fully saturated rings. The van der Waals surface area contributed by atoms with Gasteiger partial charge in [-0.3, -0.25) is 23.4 Å². The van der Waals surface area contributed by atoms with Crippen LogP contribution in [0, 0.1) is 0 Å². The highest BCUT2D eigenvalue weighted by Crippen LogP contribution is 2.43. The number of carbonyl (C=O) groups is 3. The molecule has 0 aliphatic rings. The summed E-state index contributed by atoms with van der Waals surface area (Å²) < 4.78 is 39.4. The molecule has 0 aliphatic carbocycles. The van der Waals surface area contributed by atoms with E-state index in [9.17, 15) is 28.9 Å². The van der Waals surface area contributed by atoms with Crippen molar-refractivity contribution in [2.24, 2.45) is 0 Å². The van der Waals surface area contributed by atoms with Crippen LogP contribution < -0.4 is 0 Å². The summed E-state index contributed by atoms with van der Waals surface area (Å²) in [5, 5.41) is 9.79. The van der Waals surface area contributed by atoms with Gasteiger partial charge in [-0.05, 0) is 103 Å². The Morgan fingerprint density at radius 1 is 0.403 bits per heavy atom. The SMILES string of the molecule is CC/C=C\C/C=C\C/C=C\C/C=C\CCCCC(=O)OCC(COP(=O)(O)OCC(CO)OC(=O)CCCCCCC/C=C\CCCC)OC(=O)CCCCCCCCCCC/C=C\CCCCCCCC. The third-order valence-electron chi connectivity index (χ3n) is 12.1. The first-order chi connectivity index (χ1) is 35.2. The molecule has 0 radical (unpaired) electrons. The maximum Gasteiger partial charge on any atom is 0.472 e. The van der Waals surface area contributed by atoms with Crippen molar-refractivity contribution in [2.45, 2.75) is 264 Å². The summed E-state index contributed by atoms with van der Waals surface area (Å²) in [5.74, 6) is -1.52. The van der Waals surface area contributed by atoms with Crippen molar-refractivity contribution in [3.8, 4) is 0 Å². The van der Waals surface area contributed by atoms with Gasteiger partial charge in [0.1, 0.15) is 12.7 Å². The first-order valence-corrected chi connectivity index (χ1v) is 30.3. The van der Waals surface area contributed by atoms with Gasteiger partial charge in [0.2, 0.25) is 0 Å². The Bertz CT molecular complexity index is 1490. The minimum atomic E-state index is -4.76. The second-order valence-electron chi connectivity index (χ2n) is 19.1. The van der Waals surface area contributed by atoms with Crippen molar-refractivity contribution >= 4 is 25.7 Å². The number of hydrogen-bond donors (Lipinski definition) is 2. The van der Waals surface area contributed by atoms with Gasteiger partial charge in [0.05, 0.1) is 19.8 Å². The Hall–Kier alpha value is -3.08. The second-order valence-corrected chi connectivity index (χ2v) is 20.5. The van der Waals surface area contributed by atoms with Crippen LogP contribution in [0.15, 0.2) is 72.9 Å². The van der Waals surface area contributed by atoms with Crippen LogP contribution in [0.25, 0.3) is 0 Å². The molecule has 416 valence electrons. The van der Waals surface area contributed by atoms with Crippen LogP contribution >= 0.6 is 7.82 Å². The maximum absolute atomic E-state index is 12.9. The van der Waals surface area contributed by atoms with Gasteiger partial charge in [0.15, 0.2) is 6.10 Å². The zero-order valence-corrected chi connectivity index (χ0v) is 46.8. The largest absolute Gasteiger partial charge is 0.472 e. The van der Waals surface area contributed by atoms with Gasteiger partial charge < -0.3 is 24.2 Å². The van der Waals surface area contributed by atoms with Crippen LogP contribution in [0.4, 0.5) is 0 Å². The molecule has 11 nitrogen and oxygen atoms in total. The lowest BCUT2D eigenvalue weighted by molar-refractivity contribution is -0.161. The lowest BCUT2D eigenvalue weighted by Gasteiger charge is -2.21. The van der Waals surface area contributed by atoms with Crippen molar-refractivity contribution in [3.05, 3.63) is 72.9 Å². The zero-order valence-electron chi connectivity index (χ0n) is 45.9. The number of ether oxygens (including phenoxy) is 3. The van der Waals surface area contributed by atoms with Crippen LogP contribution in [0.2, 0.25) is 0 Å². The van der Waals surface area contributed by atoms with E-state index >= 15 is 0 Å². The molecule has 3 atom stereocenters. The Balaban J connectivity index is 4.77. The standard InChI is InChI=1S/C60H105O11P/c1-4-7-10-13-16-19-22-24-26-27-28-29-31-33-36-39-42-45-48-51-60(64)71-57(53-67-58(62)49-46-43-40-37-35-32-30-25-23-20-17-14-11-8-5-2)55-69-72(65,66)68-54-56(52-61)70-59(63)50-47-44-41-38-34-21-18-15-12-9-6-3/h8,11,15,17-18,20,24-26,30,35,37,56-57,61H,4-7,9-10,12-14,16,19,21-23,27-29,31-34,36,38-55H2,1-3H3,(H,65,66)/b11-8-,18-15-,20-17-,26-24-,30-25-,37-35-. The highest BCUT2D eigenvalue weighted by Gasteiger charge is 2.28. The summed E-state index contributed by atoms with van der Waals surface area (Å²) in [4.78, 5) is 48.5. The van der Waals surface area contributed by atoms with Gasteiger partial charge in [-0.25, -0.2) is 4.57 Å². The number of phosphoric ester groups is 1. The number of esters is 3. The number of rotatable bonds is 53. The highest BCUT2D eigenvalue weighted by atomic mass is 31.2. The van der Waals surface area contributed by atoms with Crippen molar-refractivity contribution in [2.75, 3.05) is 26.4 Å². The molecule has 12 heteroatoms. The van der Waals surface area contributed by atoms with Gasteiger partial charge in [-0.15, -0.1) is 0 Å². The molecule has 0 aromatic rings. The van der Waals surface area contributed by atoms with Crippen molar-refractivity contribution in [1.82, 2.24) is 0 Å². The van der Waals surface area contributed by atoms with E-state index in [0.29, 0.717) is 19.3 Å². The normalized spacial score (nSPS) is 13.9. The number of allylic oxidation sites excluding steroid dienone is 12. The summed E-state index contributed by atoms with van der Waals surface area (Å²) in [6, 6.07) is 0. The quantitative estimate of drug-likeness (QED) is 0.0197. The Morgan fingerprint density at radius 3 is 1.19 bits per heavy atom. The summed E-state index contributed by atoms with van der Waals surface area (Å²) in [7, 11) is -4.76. The lowest BCUT2D eigenvalue weighted by Crippen LogP contribution is -2.30. The van der Waals surface area contributed by atoms with E-state index in [1.807, 2.05) is 0 Å². The fourth-order valence-electron chi connectivity index (χ4n) is 7.68. The van der Waals surface area contributed by atoms with E-state index in [1.54, 1.807) is 0 Å². The highest BCUT2D eigenvalue weighted by molar-refractivity contribution is 7.47. The topological polar surface area (TPSA) is 155 Å². The van der Waals surface area contributed by atoms with Gasteiger partial charge in [-0.2, -0.15) is 0 Å². The molecule has 0 spiro atoms. The summed E-state index contributed by atoms with van der Waals surface area (Å²) in [5.41, 5.74) is 0. The monoisotopic (exact) mass is 1030 g/mol. The van der Waals surface area contributed by atoms with Gasteiger partial charge in [-0.1, -0.05) is 203 Å². The van der Waals surface area contributed by atoms with Crippen LogP contribution in [-0.4, -0.2) is 66.5 Å². The number of phosphoric acid groups is 1. The molecule has 72 heavy (non-hydrogen) atoms. The van der Waals surface area contributed by atoms with Gasteiger partial charge in [0.25, 0.3) is 0 Å². The summed E-state index contributed by atoms with van der Waals surface area (Å²) in [6.07, 6.45) is 60.1. The molecule has 0 amide bonds. The van der Waals surface area contributed by atoms with E-state index in [1.165, 1.54) is 96.3 Å². The predicted octanol–water partition coefficient (Wildman–Crippen LogP) is 16.9.